The van der Waals surface area contributed by atoms with Crippen LogP contribution in [-0.4, -0.2) is 9.97 Å². The summed E-state index contributed by atoms with van der Waals surface area (Å²) in [5.41, 5.74) is 5.37. The van der Waals surface area contributed by atoms with Gasteiger partial charge in [-0.1, -0.05) is 30.4 Å². The highest BCUT2D eigenvalue weighted by molar-refractivity contribution is 5.87. The molecular formula is C16H14N2. The number of H-pyrrole nitrogens is 1. The van der Waals surface area contributed by atoms with Gasteiger partial charge in [0.05, 0.1) is 11.4 Å². The summed E-state index contributed by atoms with van der Waals surface area (Å²) >= 11 is 0. The third kappa shape index (κ3) is 1.82. The molecule has 2 nitrogen and oxygen atoms in total. The molecule has 0 saturated heterocycles. The van der Waals surface area contributed by atoms with Gasteiger partial charge >= 0.3 is 0 Å². The SMILES string of the molecule is C=C(C)c1ccc2cc(-c3ccccn3)[nH]c2c1. The summed E-state index contributed by atoms with van der Waals surface area (Å²) in [6.45, 7) is 5.99. The fourth-order valence-electron chi connectivity index (χ4n) is 2.05. The first kappa shape index (κ1) is 10.8. The van der Waals surface area contributed by atoms with Crippen molar-refractivity contribution in [3.63, 3.8) is 0 Å². The second-order valence-electron chi connectivity index (χ2n) is 4.48. The molecular weight excluding hydrogens is 220 g/mol. The van der Waals surface area contributed by atoms with Gasteiger partial charge in [0.2, 0.25) is 0 Å². The Morgan fingerprint density at radius 3 is 2.78 bits per heavy atom. The van der Waals surface area contributed by atoms with Crippen molar-refractivity contribution in [2.45, 2.75) is 6.92 Å². The Morgan fingerprint density at radius 1 is 1.17 bits per heavy atom. The molecule has 2 aromatic heterocycles. The molecule has 2 heteroatoms. The van der Waals surface area contributed by atoms with Crippen LogP contribution in [0.4, 0.5) is 0 Å². The molecule has 1 aromatic carbocycles. The average molecular weight is 234 g/mol. The average Bonchev–Trinajstić information content (AvgIpc) is 2.82. The van der Waals surface area contributed by atoms with Crippen molar-refractivity contribution in [3.05, 3.63) is 60.8 Å². The van der Waals surface area contributed by atoms with Crippen molar-refractivity contribution in [2.75, 3.05) is 0 Å². The van der Waals surface area contributed by atoms with Crippen molar-refractivity contribution in [1.82, 2.24) is 9.97 Å². The van der Waals surface area contributed by atoms with E-state index in [-0.39, 0.29) is 0 Å². The number of hydrogen-bond acceptors (Lipinski definition) is 1. The zero-order valence-corrected chi connectivity index (χ0v) is 10.3. The van der Waals surface area contributed by atoms with Crippen LogP contribution in [0, 0.1) is 0 Å². The molecule has 0 amide bonds. The second-order valence-corrected chi connectivity index (χ2v) is 4.48. The number of hydrogen-bond donors (Lipinski definition) is 1. The van der Waals surface area contributed by atoms with Crippen LogP contribution in [0.15, 0.2) is 55.2 Å². The number of aromatic nitrogens is 2. The molecule has 0 fully saturated rings. The predicted molar refractivity (Wildman–Crippen MR) is 76.2 cm³/mol. The van der Waals surface area contributed by atoms with Gasteiger partial charge in [-0.05, 0) is 36.8 Å². The lowest BCUT2D eigenvalue weighted by Gasteiger charge is -1.98. The molecule has 0 aliphatic heterocycles. The summed E-state index contributed by atoms with van der Waals surface area (Å²) in [4.78, 5) is 7.76. The molecule has 0 unspecified atom stereocenters. The normalized spacial score (nSPS) is 10.7. The predicted octanol–water partition coefficient (Wildman–Crippen LogP) is 4.26. The topological polar surface area (TPSA) is 28.7 Å². The van der Waals surface area contributed by atoms with E-state index in [4.69, 9.17) is 0 Å². The number of nitrogens with zero attached hydrogens (tertiary/aromatic N) is 1. The first-order valence-corrected chi connectivity index (χ1v) is 5.94. The van der Waals surface area contributed by atoms with Crippen LogP contribution < -0.4 is 0 Å². The third-order valence-electron chi connectivity index (χ3n) is 3.06. The number of pyridine rings is 1. The lowest BCUT2D eigenvalue weighted by atomic mass is 10.1. The van der Waals surface area contributed by atoms with Gasteiger partial charge in [0.25, 0.3) is 0 Å². The fourth-order valence-corrected chi connectivity index (χ4v) is 2.05. The first-order chi connectivity index (χ1) is 8.74. The summed E-state index contributed by atoms with van der Waals surface area (Å²) in [5, 5.41) is 1.20. The third-order valence-corrected chi connectivity index (χ3v) is 3.06. The van der Waals surface area contributed by atoms with Gasteiger partial charge in [0.1, 0.15) is 0 Å². The minimum absolute atomic E-state index is 0.963. The molecule has 3 rings (SSSR count). The molecule has 0 bridgehead atoms. The van der Waals surface area contributed by atoms with E-state index in [0.29, 0.717) is 0 Å². The number of aromatic amines is 1. The molecule has 0 aliphatic carbocycles. The quantitative estimate of drug-likeness (QED) is 0.705. The maximum atomic E-state index is 4.35. The van der Waals surface area contributed by atoms with Gasteiger partial charge < -0.3 is 4.98 Å². The number of fused-ring (bicyclic) bond motifs is 1. The molecule has 88 valence electrons. The van der Waals surface area contributed by atoms with Crippen LogP contribution in [0.5, 0.6) is 0 Å². The van der Waals surface area contributed by atoms with E-state index >= 15 is 0 Å². The van der Waals surface area contributed by atoms with E-state index in [1.165, 1.54) is 5.39 Å². The Labute approximate surface area is 106 Å². The maximum absolute atomic E-state index is 4.35. The molecule has 0 saturated carbocycles. The van der Waals surface area contributed by atoms with Crippen LogP contribution in [0.25, 0.3) is 27.9 Å². The van der Waals surface area contributed by atoms with E-state index in [9.17, 15) is 0 Å². The van der Waals surface area contributed by atoms with E-state index in [0.717, 1.165) is 28.0 Å². The van der Waals surface area contributed by atoms with Gasteiger partial charge in [-0.2, -0.15) is 0 Å². The van der Waals surface area contributed by atoms with Gasteiger partial charge in [-0.25, -0.2) is 0 Å². The summed E-state index contributed by atoms with van der Waals surface area (Å²) < 4.78 is 0. The Kier molecular flexibility index (Phi) is 2.49. The zero-order valence-electron chi connectivity index (χ0n) is 10.3. The van der Waals surface area contributed by atoms with Crippen LogP contribution in [0.2, 0.25) is 0 Å². The lowest BCUT2D eigenvalue weighted by molar-refractivity contribution is 1.29. The van der Waals surface area contributed by atoms with E-state index in [1.807, 2.05) is 25.1 Å². The largest absolute Gasteiger partial charge is 0.353 e. The van der Waals surface area contributed by atoms with E-state index in [2.05, 4.69) is 40.8 Å². The summed E-state index contributed by atoms with van der Waals surface area (Å²) in [6.07, 6.45) is 1.81. The van der Waals surface area contributed by atoms with Gasteiger partial charge in [-0.15, -0.1) is 0 Å². The summed E-state index contributed by atoms with van der Waals surface area (Å²) in [6, 6.07) is 14.4. The van der Waals surface area contributed by atoms with Crippen LogP contribution in [-0.2, 0) is 0 Å². The molecule has 1 N–H and O–H groups in total. The number of allylic oxidation sites excluding steroid dienone is 1. The van der Waals surface area contributed by atoms with Crippen molar-refractivity contribution < 1.29 is 0 Å². The van der Waals surface area contributed by atoms with E-state index in [1.54, 1.807) is 6.20 Å². The van der Waals surface area contributed by atoms with Crippen LogP contribution in [0.3, 0.4) is 0 Å². The Bertz CT molecular complexity index is 708. The minimum atomic E-state index is 0.963. The Morgan fingerprint density at radius 2 is 2.06 bits per heavy atom. The summed E-state index contributed by atoms with van der Waals surface area (Å²) in [5.74, 6) is 0. The van der Waals surface area contributed by atoms with Crippen molar-refractivity contribution in [3.8, 4) is 11.4 Å². The fraction of sp³-hybridized carbons (Fsp3) is 0.0625. The number of nitrogens with one attached hydrogen (secondary N) is 1. The van der Waals surface area contributed by atoms with Gasteiger partial charge in [-0.3, -0.25) is 4.98 Å². The summed E-state index contributed by atoms with van der Waals surface area (Å²) in [7, 11) is 0. The van der Waals surface area contributed by atoms with Crippen molar-refractivity contribution in [1.29, 1.82) is 0 Å². The Hall–Kier alpha value is -2.35. The molecule has 0 radical (unpaired) electrons. The molecule has 3 aromatic rings. The van der Waals surface area contributed by atoms with Gasteiger partial charge in [0.15, 0.2) is 0 Å². The zero-order chi connectivity index (χ0) is 12.5. The molecule has 0 spiro atoms. The van der Waals surface area contributed by atoms with Gasteiger partial charge in [0, 0.05) is 17.1 Å². The molecule has 18 heavy (non-hydrogen) atoms. The van der Waals surface area contributed by atoms with Crippen molar-refractivity contribution >= 4 is 16.5 Å². The molecule has 2 heterocycles. The lowest BCUT2D eigenvalue weighted by Crippen LogP contribution is -1.80. The molecule has 0 aliphatic rings. The highest BCUT2D eigenvalue weighted by atomic mass is 14.8. The number of benzene rings is 1. The van der Waals surface area contributed by atoms with Crippen LogP contribution in [0.1, 0.15) is 12.5 Å². The number of rotatable bonds is 2. The second kappa shape index (κ2) is 4.15. The Balaban J connectivity index is 2.14. The standard InChI is InChI=1S/C16H14N2/c1-11(2)12-6-7-13-10-16(18-15(13)9-12)14-5-3-4-8-17-14/h3-10,18H,1H2,2H3. The molecule has 0 atom stereocenters. The minimum Gasteiger partial charge on any atom is -0.353 e. The maximum Gasteiger partial charge on any atom is 0.0864 e. The highest BCUT2D eigenvalue weighted by Crippen LogP contribution is 2.25. The monoisotopic (exact) mass is 234 g/mol. The van der Waals surface area contributed by atoms with Crippen LogP contribution >= 0.6 is 0 Å². The highest BCUT2D eigenvalue weighted by Gasteiger charge is 2.04. The smallest absolute Gasteiger partial charge is 0.0864 e. The first-order valence-electron chi connectivity index (χ1n) is 5.94. The van der Waals surface area contributed by atoms with E-state index < -0.39 is 0 Å². The van der Waals surface area contributed by atoms with Crippen molar-refractivity contribution in [2.24, 2.45) is 0 Å².